The first-order chi connectivity index (χ1) is 8.08. The number of rotatable bonds is 3. The number of likely N-dealkylation sites (tertiary alicyclic amines) is 2. The molecule has 2 aliphatic rings. The highest BCUT2D eigenvalue weighted by Crippen LogP contribution is 2.13. The first kappa shape index (κ1) is 14.9. The van der Waals surface area contributed by atoms with Crippen molar-refractivity contribution in [2.24, 2.45) is 5.92 Å². The van der Waals surface area contributed by atoms with E-state index in [1.54, 1.807) is 0 Å². The third-order valence-electron chi connectivity index (χ3n) is 3.70. The van der Waals surface area contributed by atoms with Crippen LogP contribution in [0.15, 0.2) is 0 Å². The molecular formula is C14H31N3. The fourth-order valence-corrected chi connectivity index (χ4v) is 2.45. The van der Waals surface area contributed by atoms with Gasteiger partial charge in [0.1, 0.15) is 0 Å². The summed E-state index contributed by atoms with van der Waals surface area (Å²) in [4.78, 5) is 7.17. The largest absolute Gasteiger partial charge is 0.308 e. The summed E-state index contributed by atoms with van der Waals surface area (Å²) < 4.78 is 0. The molecule has 0 aromatic carbocycles. The summed E-state index contributed by atoms with van der Waals surface area (Å²) in [6.07, 6.45) is 4.22. The summed E-state index contributed by atoms with van der Waals surface area (Å²) in [7, 11) is 6.45. The minimum absolute atomic E-state index is 0.928. The molecule has 2 rings (SSSR count). The lowest BCUT2D eigenvalue weighted by Crippen LogP contribution is -2.29. The van der Waals surface area contributed by atoms with Crippen LogP contribution in [-0.4, -0.2) is 75.1 Å². The van der Waals surface area contributed by atoms with Gasteiger partial charge in [-0.1, -0.05) is 6.92 Å². The molecule has 0 amide bonds. The van der Waals surface area contributed by atoms with Crippen molar-refractivity contribution in [1.29, 1.82) is 0 Å². The zero-order chi connectivity index (χ0) is 12.7. The molecule has 102 valence electrons. The Morgan fingerprint density at radius 2 is 1.76 bits per heavy atom. The van der Waals surface area contributed by atoms with Gasteiger partial charge in [0.25, 0.3) is 0 Å². The third-order valence-corrected chi connectivity index (χ3v) is 3.70. The highest BCUT2D eigenvalue weighted by molar-refractivity contribution is 4.72. The maximum absolute atomic E-state index is 2.56. The molecule has 2 aliphatic heterocycles. The average Bonchev–Trinajstić information content (AvgIpc) is 2.88. The Balaban J connectivity index is 0.000000202. The lowest BCUT2D eigenvalue weighted by atomic mass is 10.2. The summed E-state index contributed by atoms with van der Waals surface area (Å²) >= 11 is 0. The van der Waals surface area contributed by atoms with Crippen LogP contribution >= 0.6 is 0 Å². The molecule has 17 heavy (non-hydrogen) atoms. The van der Waals surface area contributed by atoms with Gasteiger partial charge in [-0.2, -0.15) is 0 Å². The SMILES string of the molecule is CC1CCN(CCN(C)C)C1.CN1CCCC1. The van der Waals surface area contributed by atoms with Crippen molar-refractivity contribution in [3.63, 3.8) is 0 Å². The maximum Gasteiger partial charge on any atom is 0.0109 e. The van der Waals surface area contributed by atoms with E-state index in [0.29, 0.717) is 0 Å². The first-order valence-electron chi connectivity index (χ1n) is 7.13. The van der Waals surface area contributed by atoms with Crippen molar-refractivity contribution in [1.82, 2.24) is 14.7 Å². The molecule has 3 heteroatoms. The fraction of sp³-hybridized carbons (Fsp3) is 1.00. The van der Waals surface area contributed by atoms with Gasteiger partial charge in [0.15, 0.2) is 0 Å². The predicted octanol–water partition coefficient (Wildman–Crippen LogP) is 1.60. The molecule has 0 aliphatic carbocycles. The molecular weight excluding hydrogens is 210 g/mol. The molecule has 3 nitrogen and oxygen atoms in total. The number of likely N-dealkylation sites (N-methyl/N-ethyl adjacent to an activating group) is 1. The van der Waals surface area contributed by atoms with Crippen LogP contribution in [0, 0.1) is 5.92 Å². The third kappa shape index (κ3) is 7.02. The monoisotopic (exact) mass is 241 g/mol. The zero-order valence-electron chi connectivity index (χ0n) is 12.3. The first-order valence-corrected chi connectivity index (χ1v) is 7.13. The topological polar surface area (TPSA) is 9.72 Å². The summed E-state index contributed by atoms with van der Waals surface area (Å²) in [6.45, 7) is 10.1. The lowest BCUT2D eigenvalue weighted by Gasteiger charge is -2.17. The smallest absolute Gasteiger partial charge is 0.0109 e. The fourth-order valence-electron chi connectivity index (χ4n) is 2.45. The molecule has 1 atom stereocenters. The van der Waals surface area contributed by atoms with Gasteiger partial charge in [-0.25, -0.2) is 0 Å². The van der Waals surface area contributed by atoms with Crippen LogP contribution in [0.4, 0.5) is 0 Å². The van der Waals surface area contributed by atoms with Crippen molar-refractivity contribution in [3.05, 3.63) is 0 Å². The quantitative estimate of drug-likeness (QED) is 0.743. The van der Waals surface area contributed by atoms with Gasteiger partial charge < -0.3 is 14.7 Å². The van der Waals surface area contributed by atoms with Gasteiger partial charge in [-0.15, -0.1) is 0 Å². The normalized spacial score (nSPS) is 26.3. The molecule has 2 fully saturated rings. The van der Waals surface area contributed by atoms with Gasteiger partial charge in [0.2, 0.25) is 0 Å². The van der Waals surface area contributed by atoms with Crippen molar-refractivity contribution in [2.45, 2.75) is 26.2 Å². The van der Waals surface area contributed by atoms with Crippen LogP contribution in [-0.2, 0) is 0 Å². The molecule has 0 N–H and O–H groups in total. The molecule has 0 spiro atoms. The van der Waals surface area contributed by atoms with Crippen LogP contribution in [0.2, 0.25) is 0 Å². The Hall–Kier alpha value is -0.120. The second-order valence-electron chi connectivity index (χ2n) is 6.01. The summed E-state index contributed by atoms with van der Waals surface area (Å²) in [5.41, 5.74) is 0. The van der Waals surface area contributed by atoms with Gasteiger partial charge in [0.05, 0.1) is 0 Å². The zero-order valence-corrected chi connectivity index (χ0v) is 12.3. The number of hydrogen-bond acceptors (Lipinski definition) is 3. The Labute approximate surface area is 108 Å². The molecule has 1 unspecified atom stereocenters. The molecule has 0 aromatic rings. The van der Waals surface area contributed by atoms with Crippen molar-refractivity contribution < 1.29 is 0 Å². The van der Waals surface area contributed by atoms with E-state index in [1.807, 2.05) is 0 Å². The van der Waals surface area contributed by atoms with E-state index in [1.165, 1.54) is 58.5 Å². The average molecular weight is 241 g/mol. The van der Waals surface area contributed by atoms with E-state index >= 15 is 0 Å². The van der Waals surface area contributed by atoms with Crippen LogP contribution in [0.5, 0.6) is 0 Å². The van der Waals surface area contributed by atoms with Crippen molar-refractivity contribution in [2.75, 3.05) is 60.4 Å². The molecule has 0 saturated carbocycles. The standard InChI is InChI=1S/C9H20N2.C5H11N/c1-9-4-5-11(8-9)7-6-10(2)3;1-6-4-2-3-5-6/h9H,4-8H2,1-3H3;2-5H2,1H3. The summed E-state index contributed by atoms with van der Waals surface area (Å²) in [5, 5.41) is 0. The van der Waals surface area contributed by atoms with Crippen molar-refractivity contribution in [3.8, 4) is 0 Å². The minimum Gasteiger partial charge on any atom is -0.308 e. The Morgan fingerprint density at radius 1 is 1.12 bits per heavy atom. The number of hydrogen-bond donors (Lipinski definition) is 0. The summed E-state index contributed by atoms with van der Waals surface area (Å²) in [6, 6.07) is 0. The van der Waals surface area contributed by atoms with Gasteiger partial charge in [0, 0.05) is 19.6 Å². The molecule has 2 saturated heterocycles. The second-order valence-corrected chi connectivity index (χ2v) is 6.01. The second kappa shape index (κ2) is 8.06. The van der Waals surface area contributed by atoms with Gasteiger partial charge in [-0.05, 0) is 66.0 Å². The minimum atomic E-state index is 0.928. The van der Waals surface area contributed by atoms with Crippen molar-refractivity contribution >= 4 is 0 Å². The number of nitrogens with zero attached hydrogens (tertiary/aromatic N) is 3. The van der Waals surface area contributed by atoms with Gasteiger partial charge >= 0.3 is 0 Å². The van der Waals surface area contributed by atoms with Crippen LogP contribution in [0.3, 0.4) is 0 Å². The molecule has 2 heterocycles. The highest BCUT2D eigenvalue weighted by atomic mass is 15.2. The van der Waals surface area contributed by atoms with E-state index in [9.17, 15) is 0 Å². The van der Waals surface area contributed by atoms with E-state index in [4.69, 9.17) is 0 Å². The van der Waals surface area contributed by atoms with Crippen LogP contribution < -0.4 is 0 Å². The van der Waals surface area contributed by atoms with E-state index in [-0.39, 0.29) is 0 Å². The Bertz CT molecular complexity index is 188. The van der Waals surface area contributed by atoms with E-state index in [2.05, 4.69) is 42.8 Å². The van der Waals surface area contributed by atoms with E-state index < -0.39 is 0 Å². The lowest BCUT2D eigenvalue weighted by molar-refractivity contribution is 0.277. The maximum atomic E-state index is 2.56. The molecule has 0 aromatic heterocycles. The predicted molar refractivity (Wildman–Crippen MR) is 75.5 cm³/mol. The Kier molecular flexibility index (Phi) is 7.09. The van der Waals surface area contributed by atoms with Crippen LogP contribution in [0.1, 0.15) is 26.2 Å². The van der Waals surface area contributed by atoms with Crippen LogP contribution in [0.25, 0.3) is 0 Å². The summed E-state index contributed by atoms with van der Waals surface area (Å²) in [5.74, 6) is 0.928. The molecule has 0 radical (unpaired) electrons. The molecule has 0 bridgehead atoms. The highest BCUT2D eigenvalue weighted by Gasteiger charge is 2.17. The van der Waals surface area contributed by atoms with E-state index in [0.717, 1.165) is 5.92 Å². The van der Waals surface area contributed by atoms with Gasteiger partial charge in [-0.3, -0.25) is 0 Å². The Morgan fingerprint density at radius 3 is 2.12 bits per heavy atom.